The Morgan fingerprint density at radius 1 is 0.889 bits per heavy atom. The molecule has 0 heterocycles. The van der Waals surface area contributed by atoms with E-state index in [0.29, 0.717) is 0 Å². The first-order valence-electron chi connectivity index (χ1n) is 8.48. The molecule has 4 fully saturated rings. The van der Waals surface area contributed by atoms with Crippen LogP contribution in [-0.2, 0) is 0 Å². The lowest BCUT2D eigenvalue weighted by Crippen LogP contribution is -2.50. The molecule has 4 rings (SSSR count). The fourth-order valence-corrected chi connectivity index (χ4v) is 5.90. The van der Waals surface area contributed by atoms with Gasteiger partial charge in [0.15, 0.2) is 0 Å². The molecule has 0 aliphatic heterocycles. The Bertz CT molecular complexity index is 318. The van der Waals surface area contributed by atoms with E-state index in [1.54, 1.807) is 19.3 Å². The van der Waals surface area contributed by atoms with Gasteiger partial charge in [-0.1, -0.05) is 20.3 Å². The van der Waals surface area contributed by atoms with Gasteiger partial charge in [-0.05, 0) is 74.0 Å². The second kappa shape index (κ2) is 4.23. The first-order chi connectivity index (χ1) is 8.72. The first-order valence-corrected chi connectivity index (χ1v) is 8.48. The zero-order valence-corrected chi connectivity index (χ0v) is 12.1. The average molecular weight is 247 g/mol. The third-order valence-electron chi connectivity index (χ3n) is 7.00. The summed E-state index contributed by atoms with van der Waals surface area (Å²) < 4.78 is 0. The standard InChI is InChI=1S/C17H29N/c1-10(2)11-6-13(7-11)18-17-9-12-8-16(17)15-5-3-4-14(12)15/h10-18H,3-9H2,1-2H3. The minimum Gasteiger partial charge on any atom is -0.311 e. The molecule has 1 N–H and O–H groups in total. The molecule has 1 nitrogen and oxygen atoms in total. The van der Waals surface area contributed by atoms with Gasteiger partial charge in [0, 0.05) is 12.1 Å². The molecule has 18 heavy (non-hydrogen) atoms. The van der Waals surface area contributed by atoms with Crippen molar-refractivity contribution in [3.63, 3.8) is 0 Å². The SMILES string of the molecule is CC(C)C1CC(NC2CC3CC2C2CCCC32)C1. The second-order valence-corrected chi connectivity index (χ2v) is 8.10. The third-order valence-corrected chi connectivity index (χ3v) is 7.00. The molecule has 0 saturated heterocycles. The van der Waals surface area contributed by atoms with E-state index >= 15 is 0 Å². The molecule has 1 heteroatoms. The predicted molar refractivity (Wildman–Crippen MR) is 75.3 cm³/mol. The van der Waals surface area contributed by atoms with Crippen LogP contribution in [0.3, 0.4) is 0 Å². The molecule has 2 bridgehead atoms. The van der Waals surface area contributed by atoms with Crippen LogP contribution in [0.4, 0.5) is 0 Å². The normalized spacial score (nSPS) is 53.8. The van der Waals surface area contributed by atoms with Crippen LogP contribution in [-0.4, -0.2) is 12.1 Å². The topological polar surface area (TPSA) is 12.0 Å². The van der Waals surface area contributed by atoms with Crippen molar-refractivity contribution in [2.24, 2.45) is 35.5 Å². The maximum Gasteiger partial charge on any atom is 0.0103 e. The summed E-state index contributed by atoms with van der Waals surface area (Å²) in [6.45, 7) is 4.78. The summed E-state index contributed by atoms with van der Waals surface area (Å²) in [4.78, 5) is 0. The maximum absolute atomic E-state index is 4.04. The number of hydrogen-bond acceptors (Lipinski definition) is 1. The molecular weight excluding hydrogens is 218 g/mol. The van der Waals surface area contributed by atoms with Crippen LogP contribution in [0.15, 0.2) is 0 Å². The van der Waals surface area contributed by atoms with E-state index < -0.39 is 0 Å². The van der Waals surface area contributed by atoms with Crippen molar-refractivity contribution in [1.29, 1.82) is 0 Å². The van der Waals surface area contributed by atoms with Crippen LogP contribution in [0.2, 0.25) is 0 Å². The third kappa shape index (κ3) is 1.69. The molecule has 0 aromatic heterocycles. The van der Waals surface area contributed by atoms with E-state index in [-0.39, 0.29) is 0 Å². The highest BCUT2D eigenvalue weighted by atomic mass is 15.0. The fourth-order valence-electron chi connectivity index (χ4n) is 5.90. The average Bonchev–Trinajstić information content (AvgIpc) is 2.93. The number of hydrogen-bond donors (Lipinski definition) is 1. The van der Waals surface area contributed by atoms with E-state index in [1.807, 2.05) is 0 Å². The van der Waals surface area contributed by atoms with E-state index in [2.05, 4.69) is 19.2 Å². The summed E-state index contributed by atoms with van der Waals surface area (Å²) >= 11 is 0. The van der Waals surface area contributed by atoms with Gasteiger partial charge >= 0.3 is 0 Å². The lowest BCUT2D eigenvalue weighted by atomic mass is 9.72. The van der Waals surface area contributed by atoms with E-state index in [9.17, 15) is 0 Å². The molecule has 4 saturated carbocycles. The van der Waals surface area contributed by atoms with Gasteiger partial charge in [-0.2, -0.15) is 0 Å². The van der Waals surface area contributed by atoms with Crippen LogP contribution < -0.4 is 5.32 Å². The summed E-state index contributed by atoms with van der Waals surface area (Å²) in [7, 11) is 0. The van der Waals surface area contributed by atoms with Crippen LogP contribution in [0.1, 0.15) is 58.8 Å². The van der Waals surface area contributed by atoms with Gasteiger partial charge in [0.05, 0.1) is 0 Å². The Labute approximate surface area is 112 Å². The van der Waals surface area contributed by atoms with Gasteiger partial charge in [0.2, 0.25) is 0 Å². The number of fused-ring (bicyclic) bond motifs is 5. The van der Waals surface area contributed by atoms with E-state index in [4.69, 9.17) is 0 Å². The maximum atomic E-state index is 4.04. The highest BCUT2D eigenvalue weighted by molar-refractivity contribution is 5.06. The zero-order chi connectivity index (χ0) is 12.3. The lowest BCUT2D eigenvalue weighted by Gasteiger charge is -2.43. The zero-order valence-electron chi connectivity index (χ0n) is 12.1. The Morgan fingerprint density at radius 3 is 2.44 bits per heavy atom. The van der Waals surface area contributed by atoms with Crippen LogP contribution >= 0.6 is 0 Å². The van der Waals surface area contributed by atoms with Crippen LogP contribution in [0.25, 0.3) is 0 Å². The summed E-state index contributed by atoms with van der Waals surface area (Å²) in [5.41, 5.74) is 0. The summed E-state index contributed by atoms with van der Waals surface area (Å²) in [6, 6.07) is 1.79. The molecule has 102 valence electrons. The summed E-state index contributed by atoms with van der Waals surface area (Å²) in [5.74, 6) is 6.38. The second-order valence-electron chi connectivity index (χ2n) is 8.10. The molecule has 4 aliphatic rings. The molecule has 0 radical (unpaired) electrons. The number of nitrogens with one attached hydrogen (secondary N) is 1. The van der Waals surface area contributed by atoms with Gasteiger partial charge in [-0.15, -0.1) is 0 Å². The van der Waals surface area contributed by atoms with Gasteiger partial charge in [-0.25, -0.2) is 0 Å². The van der Waals surface area contributed by atoms with Gasteiger partial charge in [0.25, 0.3) is 0 Å². The van der Waals surface area contributed by atoms with Crippen molar-refractivity contribution in [1.82, 2.24) is 5.32 Å². The highest BCUT2D eigenvalue weighted by Gasteiger charge is 2.54. The number of rotatable bonds is 3. The van der Waals surface area contributed by atoms with Crippen molar-refractivity contribution in [3.05, 3.63) is 0 Å². The lowest BCUT2D eigenvalue weighted by molar-refractivity contribution is 0.125. The Hall–Kier alpha value is -0.0400. The van der Waals surface area contributed by atoms with Crippen LogP contribution in [0, 0.1) is 35.5 Å². The molecule has 0 aromatic carbocycles. The molecule has 5 unspecified atom stereocenters. The smallest absolute Gasteiger partial charge is 0.0103 e. The van der Waals surface area contributed by atoms with Gasteiger partial charge in [0.1, 0.15) is 0 Å². The minimum absolute atomic E-state index is 0.876. The monoisotopic (exact) mass is 247 g/mol. The molecule has 4 aliphatic carbocycles. The van der Waals surface area contributed by atoms with Crippen LogP contribution in [0.5, 0.6) is 0 Å². The Kier molecular flexibility index (Phi) is 2.76. The van der Waals surface area contributed by atoms with E-state index in [1.165, 1.54) is 25.7 Å². The molecule has 0 aromatic rings. The first kappa shape index (κ1) is 11.8. The molecule has 0 spiro atoms. The fraction of sp³-hybridized carbons (Fsp3) is 1.00. The Morgan fingerprint density at radius 2 is 1.67 bits per heavy atom. The molecular formula is C17H29N. The van der Waals surface area contributed by atoms with E-state index in [0.717, 1.165) is 47.6 Å². The van der Waals surface area contributed by atoms with Gasteiger partial charge < -0.3 is 5.32 Å². The highest BCUT2D eigenvalue weighted by Crippen LogP contribution is 2.59. The van der Waals surface area contributed by atoms with Crippen molar-refractivity contribution >= 4 is 0 Å². The van der Waals surface area contributed by atoms with Crippen molar-refractivity contribution < 1.29 is 0 Å². The van der Waals surface area contributed by atoms with Crippen molar-refractivity contribution in [2.75, 3.05) is 0 Å². The minimum atomic E-state index is 0.876. The van der Waals surface area contributed by atoms with Gasteiger partial charge in [-0.3, -0.25) is 0 Å². The summed E-state index contributed by atoms with van der Waals surface area (Å²) in [6.07, 6.45) is 10.7. The predicted octanol–water partition coefficient (Wildman–Crippen LogP) is 3.84. The summed E-state index contributed by atoms with van der Waals surface area (Å²) in [5, 5.41) is 4.04. The van der Waals surface area contributed by atoms with Crippen molar-refractivity contribution in [2.45, 2.75) is 70.9 Å². The molecule has 5 atom stereocenters. The Balaban J connectivity index is 1.33. The van der Waals surface area contributed by atoms with Crippen molar-refractivity contribution in [3.8, 4) is 0 Å². The largest absolute Gasteiger partial charge is 0.311 e. The molecule has 0 amide bonds. The quantitative estimate of drug-likeness (QED) is 0.799.